The van der Waals surface area contributed by atoms with Crippen LogP contribution in [-0.2, 0) is 9.53 Å². The molecule has 2 rings (SSSR count). The van der Waals surface area contributed by atoms with Crippen LogP contribution in [0.5, 0.6) is 0 Å². The summed E-state index contributed by atoms with van der Waals surface area (Å²) in [7, 11) is 0. The van der Waals surface area contributed by atoms with E-state index < -0.39 is 0 Å². The minimum absolute atomic E-state index is 0.0856. The second-order valence-electron chi connectivity index (χ2n) is 4.82. The third kappa shape index (κ3) is 2.74. The van der Waals surface area contributed by atoms with Gasteiger partial charge in [-0.15, -0.1) is 0 Å². The fraction of sp³-hybridized carbons (Fsp3) is 0.917. The molecule has 1 heterocycles. The molecule has 92 valence electrons. The molecule has 1 aliphatic carbocycles. The standard InChI is InChI=1S/C12H22N2O2/c13-8-12(15)14(10-4-1-2-5-10)9-11-6-3-7-16-11/h10-11H,1-9,13H2. The van der Waals surface area contributed by atoms with E-state index in [1.54, 1.807) is 0 Å². The van der Waals surface area contributed by atoms with Gasteiger partial charge in [0.15, 0.2) is 0 Å². The lowest BCUT2D eigenvalue weighted by atomic mass is 10.1. The summed E-state index contributed by atoms with van der Waals surface area (Å²) in [5.74, 6) is 0.0856. The Morgan fingerprint density at radius 1 is 1.25 bits per heavy atom. The molecule has 0 aromatic carbocycles. The van der Waals surface area contributed by atoms with Gasteiger partial charge in [0, 0.05) is 19.2 Å². The predicted molar refractivity (Wildman–Crippen MR) is 62.0 cm³/mol. The van der Waals surface area contributed by atoms with Crippen LogP contribution in [0.3, 0.4) is 0 Å². The first-order valence-electron chi connectivity index (χ1n) is 6.42. The molecule has 2 aliphatic rings. The summed E-state index contributed by atoms with van der Waals surface area (Å²) in [6, 6.07) is 0.417. The van der Waals surface area contributed by atoms with Crippen molar-refractivity contribution in [1.29, 1.82) is 0 Å². The summed E-state index contributed by atoms with van der Waals surface area (Å²) < 4.78 is 5.60. The molecule has 1 aliphatic heterocycles. The van der Waals surface area contributed by atoms with Gasteiger partial charge in [0.25, 0.3) is 0 Å². The highest BCUT2D eigenvalue weighted by Gasteiger charge is 2.29. The van der Waals surface area contributed by atoms with Crippen LogP contribution in [0.15, 0.2) is 0 Å². The molecule has 1 saturated heterocycles. The van der Waals surface area contributed by atoms with Crippen LogP contribution in [0.4, 0.5) is 0 Å². The van der Waals surface area contributed by atoms with E-state index in [1.807, 2.05) is 4.90 Å². The Morgan fingerprint density at radius 2 is 2.00 bits per heavy atom. The van der Waals surface area contributed by atoms with Gasteiger partial charge in [-0.2, -0.15) is 0 Å². The van der Waals surface area contributed by atoms with Gasteiger partial charge in [0.1, 0.15) is 0 Å². The summed E-state index contributed by atoms with van der Waals surface area (Å²) in [5.41, 5.74) is 5.48. The van der Waals surface area contributed by atoms with Crippen molar-refractivity contribution in [3.8, 4) is 0 Å². The molecule has 0 bridgehead atoms. The monoisotopic (exact) mass is 226 g/mol. The molecule has 4 nitrogen and oxygen atoms in total. The van der Waals surface area contributed by atoms with E-state index >= 15 is 0 Å². The molecule has 0 aromatic rings. The molecule has 4 heteroatoms. The van der Waals surface area contributed by atoms with E-state index in [-0.39, 0.29) is 18.6 Å². The Labute approximate surface area is 97.1 Å². The van der Waals surface area contributed by atoms with Gasteiger partial charge in [-0.25, -0.2) is 0 Å². The quantitative estimate of drug-likeness (QED) is 0.774. The number of hydrogen-bond acceptors (Lipinski definition) is 3. The minimum atomic E-state index is 0.0856. The minimum Gasteiger partial charge on any atom is -0.376 e. The van der Waals surface area contributed by atoms with Crippen LogP contribution in [0.1, 0.15) is 38.5 Å². The van der Waals surface area contributed by atoms with Crippen molar-refractivity contribution in [1.82, 2.24) is 4.90 Å². The van der Waals surface area contributed by atoms with Gasteiger partial charge >= 0.3 is 0 Å². The first-order chi connectivity index (χ1) is 7.81. The van der Waals surface area contributed by atoms with Crippen molar-refractivity contribution >= 4 is 5.91 Å². The zero-order valence-electron chi connectivity index (χ0n) is 9.86. The molecule has 0 spiro atoms. The number of carbonyl (C=O) groups excluding carboxylic acids is 1. The molecule has 1 atom stereocenters. The fourth-order valence-electron chi connectivity index (χ4n) is 2.80. The molecular formula is C12H22N2O2. The lowest BCUT2D eigenvalue weighted by Gasteiger charge is -2.30. The summed E-state index contributed by atoms with van der Waals surface area (Å²) in [4.78, 5) is 13.8. The van der Waals surface area contributed by atoms with E-state index in [9.17, 15) is 4.79 Å². The number of hydrogen-bond donors (Lipinski definition) is 1. The highest BCUT2D eigenvalue weighted by Crippen LogP contribution is 2.25. The Morgan fingerprint density at radius 3 is 2.56 bits per heavy atom. The average molecular weight is 226 g/mol. The summed E-state index contributed by atoms with van der Waals surface area (Å²) in [6.07, 6.45) is 7.21. The van der Waals surface area contributed by atoms with E-state index in [1.165, 1.54) is 12.8 Å². The van der Waals surface area contributed by atoms with E-state index in [2.05, 4.69) is 0 Å². The van der Waals surface area contributed by atoms with Crippen LogP contribution in [0, 0.1) is 0 Å². The third-order valence-corrected chi connectivity index (χ3v) is 3.68. The Kier molecular flexibility index (Phi) is 4.18. The van der Waals surface area contributed by atoms with Crippen LogP contribution in [0.2, 0.25) is 0 Å². The van der Waals surface area contributed by atoms with Crippen LogP contribution < -0.4 is 5.73 Å². The van der Waals surface area contributed by atoms with Crippen molar-refractivity contribution in [3.63, 3.8) is 0 Å². The normalized spacial score (nSPS) is 26.2. The highest BCUT2D eigenvalue weighted by molar-refractivity contribution is 5.78. The molecule has 1 saturated carbocycles. The van der Waals surface area contributed by atoms with Crippen LogP contribution >= 0.6 is 0 Å². The van der Waals surface area contributed by atoms with Gasteiger partial charge in [0.2, 0.25) is 5.91 Å². The average Bonchev–Trinajstić information content (AvgIpc) is 2.97. The Bertz CT molecular complexity index is 233. The second-order valence-corrected chi connectivity index (χ2v) is 4.82. The summed E-state index contributed by atoms with van der Waals surface area (Å²) >= 11 is 0. The Hall–Kier alpha value is -0.610. The zero-order chi connectivity index (χ0) is 11.4. The Balaban J connectivity index is 1.92. The fourth-order valence-corrected chi connectivity index (χ4v) is 2.80. The molecule has 16 heavy (non-hydrogen) atoms. The molecule has 0 aromatic heterocycles. The van der Waals surface area contributed by atoms with Gasteiger partial charge in [0.05, 0.1) is 12.6 Å². The number of ether oxygens (including phenoxy) is 1. The van der Waals surface area contributed by atoms with Crippen LogP contribution in [0.25, 0.3) is 0 Å². The van der Waals surface area contributed by atoms with Gasteiger partial charge < -0.3 is 15.4 Å². The molecule has 0 radical (unpaired) electrons. The number of nitrogens with two attached hydrogens (primary N) is 1. The summed E-state index contributed by atoms with van der Waals surface area (Å²) in [6.45, 7) is 1.73. The van der Waals surface area contributed by atoms with E-state index in [4.69, 9.17) is 10.5 Å². The van der Waals surface area contributed by atoms with Gasteiger partial charge in [-0.1, -0.05) is 12.8 Å². The summed E-state index contributed by atoms with van der Waals surface area (Å²) in [5, 5.41) is 0. The van der Waals surface area contributed by atoms with Crippen LogP contribution in [-0.4, -0.2) is 42.6 Å². The SMILES string of the molecule is NCC(=O)N(CC1CCCO1)C1CCCC1. The maximum absolute atomic E-state index is 11.8. The van der Waals surface area contributed by atoms with Gasteiger partial charge in [-0.3, -0.25) is 4.79 Å². The van der Waals surface area contributed by atoms with E-state index in [0.29, 0.717) is 6.04 Å². The second kappa shape index (κ2) is 5.64. The molecule has 1 amide bonds. The van der Waals surface area contributed by atoms with Crippen molar-refractivity contribution < 1.29 is 9.53 Å². The first kappa shape index (κ1) is 11.9. The van der Waals surface area contributed by atoms with Crippen molar-refractivity contribution in [2.75, 3.05) is 19.7 Å². The third-order valence-electron chi connectivity index (χ3n) is 3.68. The van der Waals surface area contributed by atoms with E-state index in [0.717, 1.165) is 38.8 Å². The lowest BCUT2D eigenvalue weighted by molar-refractivity contribution is -0.133. The lowest BCUT2D eigenvalue weighted by Crippen LogP contribution is -2.46. The first-order valence-corrected chi connectivity index (χ1v) is 6.42. The predicted octanol–water partition coefficient (Wildman–Crippen LogP) is 0.895. The molecule has 2 fully saturated rings. The largest absolute Gasteiger partial charge is 0.376 e. The van der Waals surface area contributed by atoms with Gasteiger partial charge in [-0.05, 0) is 25.7 Å². The number of nitrogens with zero attached hydrogens (tertiary/aromatic N) is 1. The zero-order valence-corrected chi connectivity index (χ0v) is 9.86. The maximum Gasteiger partial charge on any atom is 0.236 e. The maximum atomic E-state index is 11.8. The molecule has 1 unspecified atom stereocenters. The van der Waals surface area contributed by atoms with Crippen molar-refractivity contribution in [3.05, 3.63) is 0 Å². The number of amides is 1. The topological polar surface area (TPSA) is 55.6 Å². The number of carbonyl (C=O) groups is 1. The molecular weight excluding hydrogens is 204 g/mol. The highest BCUT2D eigenvalue weighted by atomic mass is 16.5. The number of rotatable bonds is 4. The molecule has 2 N–H and O–H groups in total. The van der Waals surface area contributed by atoms with Crippen molar-refractivity contribution in [2.45, 2.75) is 50.7 Å². The van der Waals surface area contributed by atoms with Crippen molar-refractivity contribution in [2.24, 2.45) is 5.73 Å². The smallest absolute Gasteiger partial charge is 0.236 e.